The van der Waals surface area contributed by atoms with Crippen molar-refractivity contribution in [2.45, 2.75) is 0 Å². The number of nitrogens with two attached hydrogens (primary N) is 1. The van der Waals surface area contributed by atoms with Crippen molar-refractivity contribution < 1.29 is 0 Å². The van der Waals surface area contributed by atoms with Crippen molar-refractivity contribution in [1.29, 1.82) is 0 Å². The van der Waals surface area contributed by atoms with Gasteiger partial charge in [0.05, 0.1) is 5.02 Å². The van der Waals surface area contributed by atoms with Crippen LogP contribution in [0.2, 0.25) is 10.0 Å². The number of nitrogens with zero attached hydrogens (tertiary/aromatic N) is 2. The van der Waals surface area contributed by atoms with Crippen LogP contribution in [-0.4, -0.2) is 9.97 Å². The molecule has 0 saturated carbocycles. The maximum Gasteiger partial charge on any atom is 0.163 e. The quantitative estimate of drug-likeness (QED) is 0.639. The maximum atomic E-state index is 6.04. The fraction of sp³-hybridized carbons (Fsp3) is 0. The number of aromatic nitrogens is 2. The normalized spacial score (nSPS) is 10.2. The highest BCUT2D eigenvalue weighted by atomic mass is 35.5. The average Bonchev–Trinajstić information content (AvgIpc) is 2.29. The molecule has 4 nitrogen and oxygen atoms in total. The van der Waals surface area contributed by atoms with Crippen LogP contribution < -0.4 is 11.3 Å². The summed E-state index contributed by atoms with van der Waals surface area (Å²) in [5.41, 5.74) is 3.16. The Bertz CT molecular complexity index is 516. The SMILES string of the molecule is NNc1ccnc(-c2ccc(Cl)cc2Cl)n1. The Morgan fingerprint density at radius 3 is 2.69 bits per heavy atom. The minimum Gasteiger partial charge on any atom is -0.308 e. The van der Waals surface area contributed by atoms with Crippen LogP contribution in [0, 0.1) is 0 Å². The zero-order valence-corrected chi connectivity index (χ0v) is 9.63. The molecule has 1 aromatic heterocycles. The van der Waals surface area contributed by atoms with E-state index in [0.29, 0.717) is 27.3 Å². The van der Waals surface area contributed by atoms with E-state index >= 15 is 0 Å². The van der Waals surface area contributed by atoms with Gasteiger partial charge < -0.3 is 5.43 Å². The molecule has 0 amide bonds. The Hall–Kier alpha value is -1.36. The van der Waals surface area contributed by atoms with Crippen molar-refractivity contribution in [2.24, 2.45) is 5.84 Å². The predicted molar refractivity (Wildman–Crippen MR) is 65.3 cm³/mol. The summed E-state index contributed by atoms with van der Waals surface area (Å²) in [4.78, 5) is 8.29. The molecule has 0 aliphatic heterocycles. The smallest absolute Gasteiger partial charge is 0.163 e. The molecule has 16 heavy (non-hydrogen) atoms. The van der Waals surface area contributed by atoms with Crippen LogP contribution in [0.4, 0.5) is 5.82 Å². The third-order valence-corrected chi connectivity index (χ3v) is 2.52. The maximum absolute atomic E-state index is 6.04. The minimum atomic E-state index is 0.497. The van der Waals surface area contributed by atoms with Crippen molar-refractivity contribution in [3.63, 3.8) is 0 Å². The summed E-state index contributed by atoms with van der Waals surface area (Å²) >= 11 is 11.8. The van der Waals surface area contributed by atoms with E-state index in [0.717, 1.165) is 0 Å². The molecule has 0 aliphatic rings. The van der Waals surface area contributed by atoms with Crippen molar-refractivity contribution in [3.8, 4) is 11.4 Å². The van der Waals surface area contributed by atoms with E-state index in [4.69, 9.17) is 29.0 Å². The second kappa shape index (κ2) is 4.65. The number of hydrazine groups is 1. The van der Waals surface area contributed by atoms with Crippen LogP contribution in [0.25, 0.3) is 11.4 Å². The summed E-state index contributed by atoms with van der Waals surface area (Å²) in [5, 5.41) is 1.07. The van der Waals surface area contributed by atoms with Crippen LogP contribution in [0.3, 0.4) is 0 Å². The Labute approximate surface area is 102 Å². The number of hydrogen-bond acceptors (Lipinski definition) is 4. The van der Waals surface area contributed by atoms with E-state index in [2.05, 4.69) is 15.4 Å². The molecule has 0 spiro atoms. The molecule has 6 heteroatoms. The Morgan fingerprint density at radius 2 is 2.00 bits per heavy atom. The van der Waals surface area contributed by atoms with Crippen LogP contribution >= 0.6 is 23.2 Å². The zero-order chi connectivity index (χ0) is 11.5. The van der Waals surface area contributed by atoms with Gasteiger partial charge in [-0.05, 0) is 18.2 Å². The minimum absolute atomic E-state index is 0.497. The Kier molecular flexibility index (Phi) is 3.24. The van der Waals surface area contributed by atoms with Gasteiger partial charge in [-0.3, -0.25) is 0 Å². The molecule has 1 heterocycles. The van der Waals surface area contributed by atoms with Crippen LogP contribution in [0.1, 0.15) is 0 Å². The zero-order valence-electron chi connectivity index (χ0n) is 8.11. The molecule has 0 fully saturated rings. The lowest BCUT2D eigenvalue weighted by Crippen LogP contribution is -2.09. The van der Waals surface area contributed by atoms with Gasteiger partial charge in [-0.15, -0.1) is 0 Å². The van der Waals surface area contributed by atoms with Crippen molar-refractivity contribution in [3.05, 3.63) is 40.5 Å². The van der Waals surface area contributed by atoms with Gasteiger partial charge in [0.1, 0.15) is 5.82 Å². The van der Waals surface area contributed by atoms with Gasteiger partial charge in [-0.1, -0.05) is 23.2 Å². The molecular weight excluding hydrogens is 247 g/mol. The summed E-state index contributed by atoms with van der Waals surface area (Å²) in [6, 6.07) is 6.80. The van der Waals surface area contributed by atoms with Crippen LogP contribution in [-0.2, 0) is 0 Å². The number of nitrogen functional groups attached to an aromatic ring is 1. The molecule has 2 aromatic rings. The summed E-state index contributed by atoms with van der Waals surface area (Å²) in [6.45, 7) is 0. The third kappa shape index (κ3) is 2.24. The van der Waals surface area contributed by atoms with Gasteiger partial charge in [-0.2, -0.15) is 0 Å². The molecular formula is C10H8Cl2N4. The van der Waals surface area contributed by atoms with Gasteiger partial charge in [0, 0.05) is 22.8 Å². The number of hydrogen-bond donors (Lipinski definition) is 2. The summed E-state index contributed by atoms with van der Waals surface area (Å²) in [5.74, 6) is 6.29. The Morgan fingerprint density at radius 1 is 1.19 bits per heavy atom. The predicted octanol–water partition coefficient (Wildman–Crippen LogP) is 2.74. The second-order valence-electron chi connectivity index (χ2n) is 3.03. The highest BCUT2D eigenvalue weighted by molar-refractivity contribution is 6.36. The van der Waals surface area contributed by atoms with E-state index < -0.39 is 0 Å². The van der Waals surface area contributed by atoms with Gasteiger partial charge in [-0.25, -0.2) is 15.8 Å². The highest BCUT2D eigenvalue weighted by Gasteiger charge is 2.07. The van der Waals surface area contributed by atoms with Gasteiger partial charge in [0.15, 0.2) is 5.82 Å². The first-order chi connectivity index (χ1) is 7.70. The molecule has 0 unspecified atom stereocenters. The molecule has 1 aromatic carbocycles. The molecule has 82 valence electrons. The number of rotatable bonds is 2. The van der Waals surface area contributed by atoms with E-state index in [1.807, 2.05) is 0 Å². The average molecular weight is 255 g/mol. The molecule has 0 saturated heterocycles. The summed E-state index contributed by atoms with van der Waals surface area (Å²) in [6.07, 6.45) is 1.60. The standard InChI is InChI=1S/C10H8Cl2N4/c11-6-1-2-7(8(12)5-6)10-14-4-3-9(15-10)16-13/h1-5H,13H2,(H,14,15,16). The lowest BCUT2D eigenvalue weighted by atomic mass is 10.2. The fourth-order valence-electron chi connectivity index (χ4n) is 1.24. The molecule has 0 aliphatic carbocycles. The molecule has 0 radical (unpaired) electrons. The second-order valence-corrected chi connectivity index (χ2v) is 3.88. The van der Waals surface area contributed by atoms with E-state index in [1.165, 1.54) is 0 Å². The Balaban J connectivity index is 2.49. The van der Waals surface area contributed by atoms with E-state index in [1.54, 1.807) is 30.5 Å². The molecule has 0 atom stereocenters. The number of anilines is 1. The van der Waals surface area contributed by atoms with Gasteiger partial charge in [0.2, 0.25) is 0 Å². The van der Waals surface area contributed by atoms with Crippen LogP contribution in [0.15, 0.2) is 30.5 Å². The van der Waals surface area contributed by atoms with Gasteiger partial charge >= 0.3 is 0 Å². The van der Waals surface area contributed by atoms with E-state index in [9.17, 15) is 0 Å². The third-order valence-electron chi connectivity index (χ3n) is 1.98. The van der Waals surface area contributed by atoms with Gasteiger partial charge in [0.25, 0.3) is 0 Å². The lowest BCUT2D eigenvalue weighted by molar-refractivity contribution is 1.15. The van der Waals surface area contributed by atoms with Crippen LogP contribution in [0.5, 0.6) is 0 Å². The first-order valence-corrected chi connectivity index (χ1v) is 5.21. The monoisotopic (exact) mass is 254 g/mol. The highest BCUT2D eigenvalue weighted by Crippen LogP contribution is 2.28. The lowest BCUT2D eigenvalue weighted by Gasteiger charge is -2.05. The van der Waals surface area contributed by atoms with Crippen molar-refractivity contribution >= 4 is 29.0 Å². The number of nitrogens with one attached hydrogen (secondary N) is 1. The molecule has 3 N–H and O–H groups in total. The first-order valence-electron chi connectivity index (χ1n) is 4.46. The number of halogens is 2. The largest absolute Gasteiger partial charge is 0.308 e. The number of benzene rings is 1. The van der Waals surface area contributed by atoms with Crippen molar-refractivity contribution in [1.82, 2.24) is 9.97 Å². The molecule has 2 rings (SSSR count). The first kappa shape index (κ1) is 11.1. The summed E-state index contributed by atoms with van der Waals surface area (Å²) in [7, 11) is 0. The summed E-state index contributed by atoms with van der Waals surface area (Å²) < 4.78 is 0. The fourth-order valence-corrected chi connectivity index (χ4v) is 1.73. The topological polar surface area (TPSA) is 63.8 Å². The van der Waals surface area contributed by atoms with Crippen molar-refractivity contribution in [2.75, 3.05) is 5.43 Å². The van der Waals surface area contributed by atoms with E-state index in [-0.39, 0.29) is 0 Å². The molecule has 0 bridgehead atoms.